The van der Waals surface area contributed by atoms with Crippen molar-refractivity contribution in [2.75, 3.05) is 0 Å². The lowest BCUT2D eigenvalue weighted by atomic mass is 9.47. The predicted molar refractivity (Wildman–Crippen MR) is 119 cm³/mol. The van der Waals surface area contributed by atoms with E-state index in [4.69, 9.17) is 4.74 Å². The van der Waals surface area contributed by atoms with Crippen LogP contribution in [-0.4, -0.2) is 22.9 Å². The quantitative estimate of drug-likeness (QED) is 0.430. The molecule has 5 rings (SSSR count). The molecule has 1 heterocycles. The van der Waals surface area contributed by atoms with E-state index in [9.17, 15) is 5.11 Å². The van der Waals surface area contributed by atoms with Gasteiger partial charge in [0, 0.05) is 0 Å². The normalized spacial score (nSPS) is 53.8. The van der Waals surface area contributed by atoms with Gasteiger partial charge in [-0.15, -0.1) is 0 Å². The minimum absolute atomic E-state index is 0.0923. The molecule has 0 bridgehead atoms. The van der Waals surface area contributed by atoms with Crippen molar-refractivity contribution in [3.8, 4) is 0 Å². The van der Waals surface area contributed by atoms with Crippen molar-refractivity contribution < 1.29 is 9.84 Å². The Hall–Kier alpha value is -0.340. The molecule has 1 aliphatic heterocycles. The Balaban J connectivity index is 1.35. The molecular weight excluding hydrogens is 356 g/mol. The highest BCUT2D eigenvalue weighted by Crippen LogP contribution is 2.70. The average Bonchev–Trinajstić information content (AvgIpc) is 3.17. The van der Waals surface area contributed by atoms with Crippen LogP contribution in [-0.2, 0) is 4.74 Å². The molecule has 1 saturated heterocycles. The summed E-state index contributed by atoms with van der Waals surface area (Å²) < 4.78 is 6.47. The summed E-state index contributed by atoms with van der Waals surface area (Å²) in [5.74, 6) is 4.11. The molecule has 0 radical (unpaired) electrons. The molecular formula is C27H44O2. The van der Waals surface area contributed by atoms with Gasteiger partial charge in [0.15, 0.2) is 0 Å². The van der Waals surface area contributed by atoms with Crippen LogP contribution in [0, 0.1) is 40.4 Å². The lowest BCUT2D eigenvalue weighted by Gasteiger charge is -2.58. The number of fused-ring (bicyclic) bond motifs is 5. The van der Waals surface area contributed by atoms with Crippen LogP contribution >= 0.6 is 0 Å². The largest absolute Gasteiger partial charge is 0.393 e. The summed E-state index contributed by atoms with van der Waals surface area (Å²) in [6.07, 6.45) is 15.5. The smallest absolute Gasteiger partial charge is 0.0953 e. The third-order valence-corrected chi connectivity index (χ3v) is 10.8. The summed E-state index contributed by atoms with van der Waals surface area (Å²) in [7, 11) is 0. The molecule has 0 aromatic rings. The number of hydrogen-bond donors (Lipinski definition) is 1. The minimum Gasteiger partial charge on any atom is -0.393 e. The van der Waals surface area contributed by atoms with Crippen LogP contribution in [0.5, 0.6) is 0 Å². The summed E-state index contributed by atoms with van der Waals surface area (Å²) in [6.45, 7) is 12.3. The summed E-state index contributed by atoms with van der Waals surface area (Å²) >= 11 is 0. The second-order valence-electron chi connectivity index (χ2n) is 12.6. The molecule has 4 aliphatic carbocycles. The first kappa shape index (κ1) is 20.6. The van der Waals surface area contributed by atoms with Gasteiger partial charge in [-0.2, -0.15) is 0 Å². The second-order valence-corrected chi connectivity index (χ2v) is 12.6. The fraction of sp³-hybridized carbons (Fsp3) is 0.926. The zero-order valence-electron chi connectivity index (χ0n) is 19.5. The Morgan fingerprint density at radius 1 is 1.07 bits per heavy atom. The van der Waals surface area contributed by atoms with Gasteiger partial charge in [-0.25, -0.2) is 0 Å². The van der Waals surface area contributed by atoms with Gasteiger partial charge in [0.25, 0.3) is 0 Å². The van der Waals surface area contributed by atoms with E-state index < -0.39 is 0 Å². The Morgan fingerprint density at radius 3 is 2.62 bits per heavy atom. The van der Waals surface area contributed by atoms with E-state index in [2.05, 4.69) is 40.7 Å². The van der Waals surface area contributed by atoms with Gasteiger partial charge >= 0.3 is 0 Å². The number of ether oxygens (including phenoxy) is 1. The van der Waals surface area contributed by atoms with E-state index in [0.717, 1.165) is 42.4 Å². The topological polar surface area (TPSA) is 32.8 Å². The fourth-order valence-corrected chi connectivity index (χ4v) is 8.99. The molecule has 0 amide bonds. The van der Waals surface area contributed by atoms with Crippen LogP contribution in [0.2, 0.25) is 0 Å². The predicted octanol–water partition coefficient (Wildman–Crippen LogP) is 6.52. The molecule has 3 saturated carbocycles. The van der Waals surface area contributed by atoms with Gasteiger partial charge in [-0.05, 0) is 112 Å². The summed E-state index contributed by atoms with van der Waals surface area (Å²) in [5.41, 5.74) is 2.58. The molecule has 4 fully saturated rings. The summed E-state index contributed by atoms with van der Waals surface area (Å²) in [6, 6.07) is 0. The zero-order chi connectivity index (χ0) is 20.6. The Kier molecular flexibility index (Phi) is 4.84. The Bertz CT molecular complexity index is 682. The van der Waals surface area contributed by atoms with Crippen LogP contribution in [0.25, 0.3) is 0 Å². The zero-order valence-corrected chi connectivity index (χ0v) is 19.5. The van der Waals surface area contributed by atoms with Gasteiger partial charge in [-0.3, -0.25) is 0 Å². The van der Waals surface area contributed by atoms with E-state index in [1.54, 1.807) is 5.57 Å². The second kappa shape index (κ2) is 6.83. The van der Waals surface area contributed by atoms with Crippen molar-refractivity contribution >= 4 is 0 Å². The number of aliphatic hydroxyl groups excluding tert-OH is 1. The number of hydrogen-bond acceptors (Lipinski definition) is 2. The lowest BCUT2D eigenvalue weighted by molar-refractivity contribution is -0.0596. The van der Waals surface area contributed by atoms with Crippen LogP contribution in [0.4, 0.5) is 0 Å². The molecule has 9 atom stereocenters. The van der Waals surface area contributed by atoms with Gasteiger partial charge in [0.2, 0.25) is 0 Å². The van der Waals surface area contributed by atoms with Crippen molar-refractivity contribution in [3.63, 3.8) is 0 Å². The van der Waals surface area contributed by atoms with Gasteiger partial charge in [0.05, 0.1) is 17.8 Å². The van der Waals surface area contributed by atoms with E-state index in [0.29, 0.717) is 16.9 Å². The standard InChI is InChI=1S/C27H44O2/c1-17(2)6-11-24-27(5,29-24)23-10-9-21-20-8-7-18-16-19(28)12-14-25(18,3)22(20)13-15-26(21,23)4/h7,17,19-24,28H,6,8-16H2,1-5H3/t19-,20-,21-,22-,23-,24?,25-,26-,27+/m0/s1. The molecule has 0 aromatic heterocycles. The molecule has 164 valence electrons. The molecule has 2 nitrogen and oxygen atoms in total. The van der Waals surface area contributed by atoms with Crippen LogP contribution in [0.15, 0.2) is 11.6 Å². The monoisotopic (exact) mass is 400 g/mol. The fourth-order valence-electron chi connectivity index (χ4n) is 8.99. The number of rotatable bonds is 4. The maximum absolute atomic E-state index is 10.2. The van der Waals surface area contributed by atoms with Gasteiger partial charge in [0.1, 0.15) is 0 Å². The Morgan fingerprint density at radius 2 is 1.86 bits per heavy atom. The SMILES string of the molecule is CC(C)CCC1O[C@]1(C)[C@H]1CC[C@H]2[C@@H]3CC=C4C[C@@H](O)CC[C@]4(C)[C@H]3CC[C@@]21C. The van der Waals surface area contributed by atoms with Crippen molar-refractivity contribution in [2.24, 2.45) is 40.4 Å². The first-order chi connectivity index (χ1) is 13.7. The van der Waals surface area contributed by atoms with E-state index in [-0.39, 0.29) is 11.7 Å². The lowest BCUT2D eigenvalue weighted by Crippen LogP contribution is -2.51. The molecule has 1 unspecified atom stereocenters. The van der Waals surface area contributed by atoms with Crippen molar-refractivity contribution in [2.45, 2.75) is 117 Å². The van der Waals surface area contributed by atoms with Gasteiger partial charge in [-0.1, -0.05) is 39.3 Å². The molecule has 1 N–H and O–H groups in total. The molecule has 0 spiro atoms. The van der Waals surface area contributed by atoms with Crippen LogP contribution in [0.1, 0.15) is 98.8 Å². The van der Waals surface area contributed by atoms with Crippen molar-refractivity contribution in [1.29, 1.82) is 0 Å². The van der Waals surface area contributed by atoms with Crippen molar-refractivity contribution in [3.05, 3.63) is 11.6 Å². The third-order valence-electron chi connectivity index (χ3n) is 10.8. The minimum atomic E-state index is -0.0923. The van der Waals surface area contributed by atoms with Gasteiger partial charge < -0.3 is 9.84 Å². The third kappa shape index (κ3) is 3.02. The van der Waals surface area contributed by atoms with Crippen LogP contribution in [0.3, 0.4) is 0 Å². The highest BCUT2D eigenvalue weighted by Gasteiger charge is 2.67. The molecule has 5 aliphatic rings. The first-order valence-corrected chi connectivity index (χ1v) is 12.7. The number of aliphatic hydroxyl groups is 1. The molecule has 0 aromatic carbocycles. The number of epoxide rings is 1. The maximum Gasteiger partial charge on any atom is 0.0953 e. The van der Waals surface area contributed by atoms with Crippen LogP contribution < -0.4 is 0 Å². The first-order valence-electron chi connectivity index (χ1n) is 12.7. The Labute approximate surface area is 178 Å². The summed E-state index contributed by atoms with van der Waals surface area (Å²) in [5, 5.41) is 10.2. The maximum atomic E-state index is 10.2. The number of allylic oxidation sites excluding steroid dienone is 1. The average molecular weight is 401 g/mol. The summed E-state index contributed by atoms with van der Waals surface area (Å²) in [4.78, 5) is 0. The van der Waals surface area contributed by atoms with E-state index in [1.165, 1.54) is 51.4 Å². The van der Waals surface area contributed by atoms with E-state index in [1.807, 2.05) is 0 Å². The van der Waals surface area contributed by atoms with E-state index >= 15 is 0 Å². The van der Waals surface area contributed by atoms with Crippen molar-refractivity contribution in [1.82, 2.24) is 0 Å². The molecule has 2 heteroatoms. The molecule has 29 heavy (non-hydrogen) atoms. The highest BCUT2D eigenvalue weighted by molar-refractivity contribution is 5.26. The highest BCUT2D eigenvalue weighted by atomic mass is 16.6.